The van der Waals surface area contributed by atoms with Crippen LogP contribution in [0.5, 0.6) is 0 Å². The second-order valence-electron chi connectivity index (χ2n) is 4.82. The second kappa shape index (κ2) is 7.53. The lowest BCUT2D eigenvalue weighted by atomic mass is 10.1. The van der Waals surface area contributed by atoms with Gasteiger partial charge in [0, 0.05) is 12.6 Å². The Morgan fingerprint density at radius 2 is 1.76 bits per heavy atom. The third-order valence-electron chi connectivity index (χ3n) is 3.20. The number of hydrogen-bond acceptors (Lipinski definition) is 1. The number of unbranched alkanes of at least 4 members (excludes halogenated alkanes) is 1. The maximum absolute atomic E-state index is 13.4. The van der Waals surface area contributed by atoms with Gasteiger partial charge in [-0.15, -0.1) is 0 Å². The van der Waals surface area contributed by atoms with E-state index in [1.807, 2.05) is 18.2 Å². The lowest BCUT2D eigenvalue weighted by molar-refractivity contribution is 0.0949. The average molecular weight is 289 g/mol. The zero-order chi connectivity index (χ0) is 15.1. The van der Waals surface area contributed by atoms with Gasteiger partial charge in [-0.25, -0.2) is 8.78 Å². The molecule has 0 fully saturated rings. The maximum Gasteiger partial charge on any atom is 0.254 e. The van der Waals surface area contributed by atoms with Gasteiger partial charge < -0.3 is 5.32 Å². The fourth-order valence-corrected chi connectivity index (χ4v) is 2.07. The van der Waals surface area contributed by atoms with E-state index in [4.69, 9.17) is 0 Å². The van der Waals surface area contributed by atoms with Gasteiger partial charge in [0.15, 0.2) is 0 Å². The molecule has 0 heterocycles. The van der Waals surface area contributed by atoms with E-state index in [0.29, 0.717) is 12.6 Å². The molecule has 1 amide bonds. The molecular formula is C17H17F2NO. The van der Waals surface area contributed by atoms with Gasteiger partial charge in [-0.2, -0.15) is 0 Å². The van der Waals surface area contributed by atoms with E-state index in [-0.39, 0.29) is 5.56 Å². The zero-order valence-electron chi connectivity index (χ0n) is 11.6. The second-order valence-corrected chi connectivity index (χ2v) is 4.82. The smallest absolute Gasteiger partial charge is 0.254 e. The number of carbonyl (C=O) groups excluding carboxylic acids is 1. The van der Waals surface area contributed by atoms with E-state index < -0.39 is 17.5 Å². The van der Waals surface area contributed by atoms with Crippen LogP contribution in [-0.2, 0) is 6.42 Å². The molecule has 0 bridgehead atoms. The summed E-state index contributed by atoms with van der Waals surface area (Å²) in [6.07, 6.45) is 2.70. The molecule has 1 N–H and O–H groups in total. The summed E-state index contributed by atoms with van der Waals surface area (Å²) >= 11 is 0. The van der Waals surface area contributed by atoms with Crippen LogP contribution in [0, 0.1) is 11.6 Å². The lowest BCUT2D eigenvalue weighted by Gasteiger charge is -2.06. The topological polar surface area (TPSA) is 29.1 Å². The minimum atomic E-state index is -0.836. The van der Waals surface area contributed by atoms with Crippen molar-refractivity contribution in [3.8, 4) is 0 Å². The number of amides is 1. The van der Waals surface area contributed by atoms with E-state index in [0.717, 1.165) is 31.4 Å². The largest absolute Gasteiger partial charge is 0.352 e. The normalized spacial score (nSPS) is 10.4. The van der Waals surface area contributed by atoms with Crippen molar-refractivity contribution in [3.63, 3.8) is 0 Å². The SMILES string of the molecule is O=C(NCCCCc1ccccc1)c1ccc(F)cc1F. The van der Waals surface area contributed by atoms with Gasteiger partial charge in [0.2, 0.25) is 0 Å². The predicted molar refractivity (Wildman–Crippen MR) is 78.1 cm³/mol. The highest BCUT2D eigenvalue weighted by Crippen LogP contribution is 2.09. The molecule has 2 rings (SSSR count). The third-order valence-corrected chi connectivity index (χ3v) is 3.20. The molecule has 110 valence electrons. The Kier molecular flexibility index (Phi) is 5.43. The summed E-state index contributed by atoms with van der Waals surface area (Å²) in [6.45, 7) is 0.475. The van der Waals surface area contributed by atoms with Crippen LogP contribution >= 0.6 is 0 Å². The Balaban J connectivity index is 1.72. The van der Waals surface area contributed by atoms with Crippen LogP contribution in [0.15, 0.2) is 48.5 Å². The van der Waals surface area contributed by atoms with Crippen LogP contribution in [0.1, 0.15) is 28.8 Å². The number of rotatable bonds is 6. The number of benzene rings is 2. The minimum Gasteiger partial charge on any atom is -0.352 e. The Labute approximate surface area is 122 Å². The molecule has 0 radical (unpaired) electrons. The summed E-state index contributed by atoms with van der Waals surface area (Å²) in [4.78, 5) is 11.7. The van der Waals surface area contributed by atoms with Crippen LogP contribution in [-0.4, -0.2) is 12.5 Å². The Morgan fingerprint density at radius 3 is 2.48 bits per heavy atom. The molecule has 0 aliphatic heterocycles. The van der Waals surface area contributed by atoms with Gasteiger partial charge in [-0.1, -0.05) is 30.3 Å². The summed E-state index contributed by atoms with van der Waals surface area (Å²) in [7, 11) is 0. The average Bonchev–Trinajstić information content (AvgIpc) is 2.47. The first-order valence-electron chi connectivity index (χ1n) is 6.94. The third kappa shape index (κ3) is 4.67. The summed E-state index contributed by atoms with van der Waals surface area (Å²) < 4.78 is 26.1. The molecule has 2 aromatic rings. The van der Waals surface area contributed by atoms with Crippen molar-refractivity contribution < 1.29 is 13.6 Å². The molecule has 0 aromatic heterocycles. The first-order valence-corrected chi connectivity index (χ1v) is 6.94. The molecule has 0 saturated heterocycles. The molecule has 0 aliphatic carbocycles. The first-order chi connectivity index (χ1) is 10.2. The van der Waals surface area contributed by atoms with Gasteiger partial charge in [-0.05, 0) is 37.0 Å². The van der Waals surface area contributed by atoms with Gasteiger partial charge in [-0.3, -0.25) is 4.79 Å². The van der Waals surface area contributed by atoms with Crippen LogP contribution in [0.2, 0.25) is 0 Å². The van der Waals surface area contributed by atoms with Gasteiger partial charge in [0.25, 0.3) is 5.91 Å². The van der Waals surface area contributed by atoms with Gasteiger partial charge in [0.05, 0.1) is 5.56 Å². The Bertz CT molecular complexity index is 599. The van der Waals surface area contributed by atoms with Crippen LogP contribution < -0.4 is 5.32 Å². The molecule has 0 saturated carbocycles. The van der Waals surface area contributed by atoms with E-state index in [2.05, 4.69) is 17.4 Å². The minimum absolute atomic E-state index is 0.126. The predicted octanol–water partition coefficient (Wildman–Crippen LogP) is 3.72. The van der Waals surface area contributed by atoms with Crippen molar-refractivity contribution >= 4 is 5.91 Å². The highest BCUT2D eigenvalue weighted by Gasteiger charge is 2.11. The van der Waals surface area contributed by atoms with Crippen molar-refractivity contribution in [2.75, 3.05) is 6.54 Å². The van der Waals surface area contributed by atoms with Crippen molar-refractivity contribution in [2.45, 2.75) is 19.3 Å². The molecule has 0 spiro atoms. The molecule has 0 atom stereocenters. The van der Waals surface area contributed by atoms with Crippen molar-refractivity contribution in [1.82, 2.24) is 5.32 Å². The van der Waals surface area contributed by atoms with Gasteiger partial charge in [0.1, 0.15) is 11.6 Å². The van der Waals surface area contributed by atoms with Crippen LogP contribution in [0.4, 0.5) is 8.78 Å². The number of carbonyl (C=O) groups is 1. The summed E-state index contributed by atoms with van der Waals surface area (Å²) in [5.41, 5.74) is 1.13. The maximum atomic E-state index is 13.4. The van der Waals surface area contributed by atoms with E-state index in [9.17, 15) is 13.6 Å². The Hall–Kier alpha value is -2.23. The molecule has 2 aromatic carbocycles. The van der Waals surface area contributed by atoms with E-state index in [1.165, 1.54) is 5.56 Å². The van der Waals surface area contributed by atoms with Crippen LogP contribution in [0.25, 0.3) is 0 Å². The fraction of sp³-hybridized carbons (Fsp3) is 0.235. The summed E-state index contributed by atoms with van der Waals surface area (Å²) in [5, 5.41) is 2.64. The number of aryl methyl sites for hydroxylation is 1. The molecular weight excluding hydrogens is 272 g/mol. The van der Waals surface area contributed by atoms with Crippen molar-refractivity contribution in [1.29, 1.82) is 0 Å². The van der Waals surface area contributed by atoms with Gasteiger partial charge >= 0.3 is 0 Å². The summed E-state index contributed by atoms with van der Waals surface area (Å²) in [5.74, 6) is -2.03. The van der Waals surface area contributed by atoms with E-state index in [1.54, 1.807) is 0 Å². The molecule has 0 unspecified atom stereocenters. The quantitative estimate of drug-likeness (QED) is 0.807. The number of nitrogens with one attached hydrogen (secondary N) is 1. The van der Waals surface area contributed by atoms with E-state index >= 15 is 0 Å². The van der Waals surface area contributed by atoms with Crippen LogP contribution in [0.3, 0.4) is 0 Å². The number of halogens is 2. The van der Waals surface area contributed by atoms with Crippen molar-refractivity contribution in [3.05, 3.63) is 71.3 Å². The molecule has 2 nitrogen and oxygen atoms in total. The van der Waals surface area contributed by atoms with Crippen molar-refractivity contribution in [2.24, 2.45) is 0 Å². The highest BCUT2D eigenvalue weighted by atomic mass is 19.1. The molecule has 0 aliphatic rings. The Morgan fingerprint density at radius 1 is 1.00 bits per heavy atom. The standard InChI is InChI=1S/C17H17F2NO/c18-14-9-10-15(16(19)12-14)17(21)20-11-5-4-8-13-6-2-1-3-7-13/h1-3,6-7,9-10,12H,4-5,8,11H2,(H,20,21). The number of hydrogen-bond donors (Lipinski definition) is 1. The lowest BCUT2D eigenvalue weighted by Crippen LogP contribution is -2.25. The highest BCUT2D eigenvalue weighted by molar-refractivity contribution is 5.94. The first kappa shape index (κ1) is 15.2. The fourth-order valence-electron chi connectivity index (χ4n) is 2.07. The monoisotopic (exact) mass is 289 g/mol. The zero-order valence-corrected chi connectivity index (χ0v) is 11.6. The summed E-state index contributed by atoms with van der Waals surface area (Å²) in [6, 6.07) is 13.0. The molecule has 4 heteroatoms. The molecule has 21 heavy (non-hydrogen) atoms.